The van der Waals surface area contributed by atoms with Gasteiger partial charge in [0.2, 0.25) is 0 Å². The molecule has 0 radical (unpaired) electrons. The number of hydrogen-bond donors (Lipinski definition) is 10. The third-order valence-electron chi connectivity index (χ3n) is 7.23. The van der Waals surface area contributed by atoms with Crippen LogP contribution in [0.4, 0.5) is 0 Å². The van der Waals surface area contributed by atoms with Crippen LogP contribution in [0.2, 0.25) is 0 Å². The van der Waals surface area contributed by atoms with Gasteiger partial charge in [0, 0.05) is 0 Å². The fourth-order valence-corrected chi connectivity index (χ4v) is 4.73. The first kappa shape index (κ1) is 48.7. The second-order valence-corrected chi connectivity index (χ2v) is 17.8. The normalized spacial score (nSPS) is 12.5. The van der Waals surface area contributed by atoms with Crippen molar-refractivity contribution in [2.45, 2.75) is 119 Å². The molecule has 0 atom stereocenters. The zero-order chi connectivity index (χ0) is 38.6. The molecule has 0 unspecified atom stereocenters. The summed E-state index contributed by atoms with van der Waals surface area (Å²) in [6.07, 6.45) is 0. The summed E-state index contributed by atoms with van der Waals surface area (Å²) in [5, 5.41) is 54.8. The molecule has 0 amide bonds. The van der Waals surface area contributed by atoms with E-state index in [1.807, 2.05) is 0 Å². The molecule has 0 saturated heterocycles. The van der Waals surface area contributed by atoms with E-state index in [0.29, 0.717) is 11.5 Å². The van der Waals surface area contributed by atoms with Gasteiger partial charge < -0.3 is 50.2 Å². The van der Waals surface area contributed by atoms with E-state index in [4.69, 9.17) is 40.0 Å². The van der Waals surface area contributed by atoms with Gasteiger partial charge >= 0.3 is 17.2 Å². The highest BCUT2D eigenvalue weighted by Crippen LogP contribution is 2.42. The van der Waals surface area contributed by atoms with Crippen molar-refractivity contribution in [3.05, 3.63) is 57.6 Å². The van der Waals surface area contributed by atoms with E-state index in [-0.39, 0.29) is 21.7 Å². The molecule has 10 N–H and O–H groups in total. The molecule has 0 aliphatic carbocycles. The molecule has 0 heterocycles. The molecule has 0 saturated carbocycles. The van der Waals surface area contributed by atoms with Crippen LogP contribution in [0.5, 0.6) is 11.5 Å². The minimum absolute atomic E-state index is 0.0178. The Morgan fingerprint density at radius 3 is 0.729 bits per heavy atom. The third-order valence-corrected chi connectivity index (χ3v) is 8.40. The molecule has 0 aromatic heterocycles. The SMILES string of the molecule is Cc1cc(C(C)(C)C)c(O)c(C(C)(C)C)c1.Cc1cc(C(C)(C)C)c(O)c(C(C)(C)C)c1.OCC(CO)(CO)CO.OP(O)OP(O)O. The van der Waals surface area contributed by atoms with E-state index >= 15 is 0 Å². The van der Waals surface area contributed by atoms with Crippen LogP contribution in [0.15, 0.2) is 24.3 Å². The van der Waals surface area contributed by atoms with E-state index in [9.17, 15) is 10.2 Å². The second-order valence-electron chi connectivity index (χ2n) is 16.1. The standard InChI is InChI=1S/2C15H24O.C5H12O4.H4O5P2/c2*1-10-8-11(14(2,3)4)13(16)12(9-10)15(5,6)7;6-1-5(2-7,3-8)4-9;1-6(2)5-7(3)4/h2*8-9,16H,1-7H3;6-9H,1-4H2;1-4H. The number of phenolic OH excluding ortho intramolecular Hbond substituents is 2. The number of aryl methyl sites for hydroxylation is 2. The van der Waals surface area contributed by atoms with Gasteiger partial charge in [-0.25, -0.2) is 4.31 Å². The van der Waals surface area contributed by atoms with Crippen LogP contribution < -0.4 is 0 Å². The van der Waals surface area contributed by atoms with E-state index in [0.717, 1.165) is 22.3 Å². The quantitative estimate of drug-likeness (QED) is 0.157. The molecule has 48 heavy (non-hydrogen) atoms. The summed E-state index contributed by atoms with van der Waals surface area (Å²) in [4.78, 5) is 31.3. The molecular weight excluding hydrogens is 658 g/mol. The molecule has 2 aromatic carbocycles. The van der Waals surface area contributed by atoms with Gasteiger partial charge in [-0.1, -0.05) is 118 Å². The first-order valence-corrected chi connectivity index (χ1v) is 17.9. The number of aliphatic hydroxyl groups is 4. The molecule has 2 aromatic rings. The lowest BCUT2D eigenvalue weighted by atomic mass is 9.78. The van der Waals surface area contributed by atoms with Gasteiger partial charge in [-0.05, 0) is 57.8 Å². The van der Waals surface area contributed by atoms with Crippen molar-refractivity contribution in [1.82, 2.24) is 0 Å². The number of rotatable bonds is 6. The van der Waals surface area contributed by atoms with Crippen molar-refractivity contribution in [2.24, 2.45) is 5.41 Å². The monoisotopic (exact) mass is 722 g/mol. The van der Waals surface area contributed by atoms with Crippen molar-refractivity contribution < 1.29 is 54.5 Å². The lowest BCUT2D eigenvalue weighted by Gasteiger charge is -2.27. The Hall–Kier alpha value is -1.46. The smallest absolute Gasteiger partial charge is 0.334 e. The summed E-state index contributed by atoms with van der Waals surface area (Å²) < 4.78 is 3.60. The average Bonchev–Trinajstić information content (AvgIpc) is 2.90. The summed E-state index contributed by atoms with van der Waals surface area (Å²) in [6, 6.07) is 8.35. The van der Waals surface area contributed by atoms with Crippen molar-refractivity contribution in [3.8, 4) is 11.5 Å². The maximum atomic E-state index is 10.4. The summed E-state index contributed by atoms with van der Waals surface area (Å²) in [6.45, 7) is 28.1. The molecule has 0 bridgehead atoms. The van der Waals surface area contributed by atoms with Gasteiger partial charge in [0.05, 0.1) is 31.8 Å². The van der Waals surface area contributed by atoms with Crippen LogP contribution in [0.3, 0.4) is 0 Å². The van der Waals surface area contributed by atoms with Crippen LogP contribution in [0.25, 0.3) is 0 Å². The van der Waals surface area contributed by atoms with E-state index in [2.05, 4.69) is 126 Å². The van der Waals surface area contributed by atoms with Crippen molar-refractivity contribution >= 4 is 17.2 Å². The number of hydrogen-bond acceptors (Lipinski definition) is 11. The Balaban J connectivity index is 0. The lowest BCUT2D eigenvalue weighted by Crippen LogP contribution is -2.37. The molecule has 11 nitrogen and oxygen atoms in total. The van der Waals surface area contributed by atoms with Crippen LogP contribution >= 0.6 is 17.2 Å². The van der Waals surface area contributed by atoms with Gasteiger partial charge in [0.15, 0.2) is 0 Å². The van der Waals surface area contributed by atoms with Crippen molar-refractivity contribution in [2.75, 3.05) is 26.4 Å². The van der Waals surface area contributed by atoms with Gasteiger partial charge in [-0.3, -0.25) is 0 Å². The van der Waals surface area contributed by atoms with Crippen molar-refractivity contribution in [1.29, 1.82) is 0 Å². The van der Waals surface area contributed by atoms with Gasteiger partial charge in [0.1, 0.15) is 11.5 Å². The Labute approximate surface area is 290 Å². The number of benzene rings is 2. The molecule has 13 heteroatoms. The van der Waals surface area contributed by atoms with E-state index in [1.54, 1.807) is 0 Å². The predicted octanol–water partition coefficient (Wildman–Crippen LogP) is 5.96. The fraction of sp³-hybridized carbons (Fsp3) is 0.657. The van der Waals surface area contributed by atoms with Gasteiger partial charge in [0.25, 0.3) is 0 Å². The van der Waals surface area contributed by atoms with Gasteiger partial charge in [-0.2, -0.15) is 0 Å². The number of aromatic hydroxyl groups is 2. The number of aliphatic hydroxyl groups excluding tert-OH is 4. The molecule has 0 aliphatic rings. The Bertz CT molecular complexity index is 1060. The molecule has 0 aliphatic heterocycles. The average molecular weight is 723 g/mol. The molecule has 0 fully saturated rings. The Morgan fingerprint density at radius 2 is 0.646 bits per heavy atom. The largest absolute Gasteiger partial charge is 0.507 e. The summed E-state index contributed by atoms with van der Waals surface area (Å²) >= 11 is 0. The zero-order valence-electron chi connectivity index (χ0n) is 31.4. The highest BCUT2D eigenvalue weighted by molar-refractivity contribution is 7.53. The second kappa shape index (κ2) is 19.8. The Kier molecular flexibility index (Phi) is 20.1. The molecule has 2 rings (SSSR count). The molecular formula is C35H64O11P2. The Morgan fingerprint density at radius 1 is 0.458 bits per heavy atom. The maximum Gasteiger partial charge on any atom is 0.334 e. The fourth-order valence-electron chi connectivity index (χ4n) is 4.21. The van der Waals surface area contributed by atoms with E-state index < -0.39 is 49.0 Å². The minimum Gasteiger partial charge on any atom is -0.507 e. The van der Waals surface area contributed by atoms with Crippen LogP contribution in [0.1, 0.15) is 116 Å². The summed E-state index contributed by atoms with van der Waals surface area (Å²) in [5.74, 6) is 0.927. The van der Waals surface area contributed by atoms with Gasteiger partial charge in [-0.15, -0.1) is 0 Å². The summed E-state index contributed by atoms with van der Waals surface area (Å²) in [7, 11) is -5.22. The number of phenols is 2. The third kappa shape index (κ3) is 17.0. The minimum atomic E-state index is -2.61. The van der Waals surface area contributed by atoms with Crippen LogP contribution in [0, 0.1) is 19.3 Å². The molecule has 280 valence electrons. The highest BCUT2D eigenvalue weighted by Gasteiger charge is 2.28. The zero-order valence-corrected chi connectivity index (χ0v) is 33.2. The summed E-state index contributed by atoms with van der Waals surface area (Å²) in [5.41, 5.74) is 5.41. The predicted molar refractivity (Wildman–Crippen MR) is 195 cm³/mol. The topological polar surface area (TPSA) is 212 Å². The van der Waals surface area contributed by atoms with Crippen molar-refractivity contribution in [3.63, 3.8) is 0 Å². The maximum absolute atomic E-state index is 10.4. The lowest BCUT2D eigenvalue weighted by molar-refractivity contribution is -0.0328. The molecule has 0 spiro atoms. The van der Waals surface area contributed by atoms with Crippen LogP contribution in [-0.4, -0.2) is 76.6 Å². The highest BCUT2D eigenvalue weighted by atomic mass is 31.2. The van der Waals surface area contributed by atoms with Crippen LogP contribution in [-0.2, 0) is 26.0 Å². The first-order chi connectivity index (χ1) is 21.4. The first-order valence-electron chi connectivity index (χ1n) is 15.6. The van der Waals surface area contributed by atoms with E-state index in [1.165, 1.54) is 11.1 Å².